The maximum absolute atomic E-state index is 3.44. The first-order chi connectivity index (χ1) is 3.89. The van der Waals surface area contributed by atoms with Crippen LogP contribution in [0.15, 0.2) is 0 Å². The summed E-state index contributed by atoms with van der Waals surface area (Å²) < 4.78 is 0. The van der Waals surface area contributed by atoms with Gasteiger partial charge in [-0.05, 0) is 26.3 Å². The molecule has 0 bridgehead atoms. The Morgan fingerprint density at radius 3 is 2.78 bits per heavy atom. The van der Waals surface area contributed by atoms with Gasteiger partial charge in [0, 0.05) is 6.04 Å². The lowest BCUT2D eigenvalue weighted by atomic mass is 10.1. The lowest BCUT2D eigenvalue weighted by Gasteiger charge is -2.06. The monoisotopic (exact) mass is 149 g/mol. The van der Waals surface area contributed by atoms with Gasteiger partial charge in [-0.1, -0.05) is 12.8 Å². The molecule has 1 N–H and O–H groups in total. The van der Waals surface area contributed by atoms with Crippen molar-refractivity contribution in [3.8, 4) is 0 Å². The number of hydrogen-bond acceptors (Lipinski definition) is 1. The summed E-state index contributed by atoms with van der Waals surface area (Å²) in [5.74, 6) is 0. The smallest absolute Gasteiger partial charge is 0.00387 e. The summed E-state index contributed by atoms with van der Waals surface area (Å²) in [6.07, 6.45) is 5.61. The molecule has 56 valence electrons. The molecule has 2 heteroatoms. The Kier molecular flexibility index (Phi) is 5.21. The van der Waals surface area contributed by atoms with Crippen LogP contribution in [-0.2, 0) is 0 Å². The zero-order chi connectivity index (χ0) is 5.82. The zero-order valence-electron chi connectivity index (χ0n) is 6.02. The van der Waals surface area contributed by atoms with Crippen LogP contribution in [0.4, 0.5) is 0 Å². The van der Waals surface area contributed by atoms with Gasteiger partial charge in [-0.3, -0.25) is 0 Å². The number of hydrogen-bond donors (Lipinski definition) is 1. The normalized spacial score (nSPS) is 28.3. The Morgan fingerprint density at radius 2 is 2.00 bits per heavy atom. The molecule has 1 aliphatic heterocycles. The highest BCUT2D eigenvalue weighted by molar-refractivity contribution is 5.85. The standard InChI is InChI=1S/C7H15N.ClH/c1-7-5-3-2-4-6-8-7;/h7-8H,2-6H2,1H3;1H/t7-;/m1./s1. The number of halogens is 1. The van der Waals surface area contributed by atoms with Gasteiger partial charge in [-0.25, -0.2) is 0 Å². The molecule has 0 aromatic carbocycles. The summed E-state index contributed by atoms with van der Waals surface area (Å²) >= 11 is 0. The molecule has 0 aromatic rings. The van der Waals surface area contributed by atoms with Crippen LogP contribution in [0.2, 0.25) is 0 Å². The summed E-state index contributed by atoms with van der Waals surface area (Å²) in [6.45, 7) is 3.51. The summed E-state index contributed by atoms with van der Waals surface area (Å²) in [5.41, 5.74) is 0. The van der Waals surface area contributed by atoms with E-state index >= 15 is 0 Å². The molecule has 1 fully saturated rings. The highest BCUT2D eigenvalue weighted by atomic mass is 35.5. The average molecular weight is 150 g/mol. The van der Waals surface area contributed by atoms with Crippen LogP contribution in [0.1, 0.15) is 32.6 Å². The van der Waals surface area contributed by atoms with Crippen molar-refractivity contribution in [1.82, 2.24) is 5.32 Å². The second-order valence-corrected chi connectivity index (χ2v) is 2.70. The van der Waals surface area contributed by atoms with Crippen molar-refractivity contribution >= 4 is 12.4 Å². The molecule has 0 unspecified atom stereocenters. The van der Waals surface area contributed by atoms with E-state index in [9.17, 15) is 0 Å². The van der Waals surface area contributed by atoms with E-state index in [0.717, 1.165) is 6.04 Å². The predicted octanol–water partition coefficient (Wildman–Crippen LogP) is 1.96. The second-order valence-electron chi connectivity index (χ2n) is 2.70. The van der Waals surface area contributed by atoms with E-state index in [2.05, 4.69) is 12.2 Å². The first-order valence-electron chi connectivity index (χ1n) is 3.63. The minimum absolute atomic E-state index is 0. The third-order valence-electron chi connectivity index (χ3n) is 1.81. The van der Waals surface area contributed by atoms with E-state index in [-0.39, 0.29) is 12.4 Å². The van der Waals surface area contributed by atoms with Crippen LogP contribution in [-0.4, -0.2) is 12.6 Å². The molecule has 0 aliphatic carbocycles. The van der Waals surface area contributed by atoms with Gasteiger partial charge >= 0.3 is 0 Å². The summed E-state index contributed by atoms with van der Waals surface area (Å²) in [5, 5.41) is 3.44. The fraction of sp³-hybridized carbons (Fsp3) is 1.00. The van der Waals surface area contributed by atoms with Gasteiger partial charge in [-0.15, -0.1) is 12.4 Å². The van der Waals surface area contributed by atoms with Crippen molar-refractivity contribution in [3.63, 3.8) is 0 Å². The van der Waals surface area contributed by atoms with E-state index in [1.54, 1.807) is 0 Å². The van der Waals surface area contributed by atoms with Gasteiger partial charge in [0.05, 0.1) is 0 Å². The zero-order valence-corrected chi connectivity index (χ0v) is 6.84. The van der Waals surface area contributed by atoms with E-state index < -0.39 is 0 Å². The van der Waals surface area contributed by atoms with E-state index in [4.69, 9.17) is 0 Å². The molecule has 0 aromatic heterocycles. The first kappa shape index (κ1) is 9.25. The Labute approximate surface area is 63.6 Å². The Morgan fingerprint density at radius 1 is 1.22 bits per heavy atom. The Balaban J connectivity index is 0.000000640. The lowest BCUT2D eigenvalue weighted by molar-refractivity contribution is 0.550. The molecular formula is C7H16ClN. The van der Waals surface area contributed by atoms with E-state index in [1.807, 2.05) is 0 Å². The third kappa shape index (κ3) is 3.77. The molecule has 1 atom stereocenters. The minimum atomic E-state index is 0. The van der Waals surface area contributed by atoms with Crippen molar-refractivity contribution in [2.24, 2.45) is 0 Å². The minimum Gasteiger partial charge on any atom is -0.314 e. The van der Waals surface area contributed by atoms with Crippen LogP contribution < -0.4 is 5.32 Å². The quantitative estimate of drug-likeness (QED) is 0.556. The molecule has 1 nitrogen and oxygen atoms in total. The number of rotatable bonds is 0. The van der Waals surface area contributed by atoms with Crippen molar-refractivity contribution in [3.05, 3.63) is 0 Å². The van der Waals surface area contributed by atoms with Gasteiger partial charge in [0.1, 0.15) is 0 Å². The molecule has 9 heavy (non-hydrogen) atoms. The number of nitrogens with one attached hydrogen (secondary N) is 1. The molecule has 0 spiro atoms. The Bertz CT molecular complexity index is 57.9. The summed E-state index contributed by atoms with van der Waals surface area (Å²) in [7, 11) is 0. The highest BCUT2D eigenvalue weighted by Gasteiger charge is 2.03. The van der Waals surface area contributed by atoms with Gasteiger partial charge in [0.25, 0.3) is 0 Å². The van der Waals surface area contributed by atoms with Crippen LogP contribution in [0.3, 0.4) is 0 Å². The predicted molar refractivity (Wildman–Crippen MR) is 43.2 cm³/mol. The van der Waals surface area contributed by atoms with Crippen LogP contribution >= 0.6 is 12.4 Å². The Hall–Kier alpha value is 0.250. The van der Waals surface area contributed by atoms with Crippen LogP contribution in [0.5, 0.6) is 0 Å². The van der Waals surface area contributed by atoms with Crippen LogP contribution in [0, 0.1) is 0 Å². The molecule has 1 rings (SSSR count). The third-order valence-corrected chi connectivity index (χ3v) is 1.81. The van der Waals surface area contributed by atoms with Gasteiger partial charge in [-0.2, -0.15) is 0 Å². The molecule has 1 saturated heterocycles. The summed E-state index contributed by atoms with van der Waals surface area (Å²) in [4.78, 5) is 0. The van der Waals surface area contributed by atoms with Crippen LogP contribution in [0.25, 0.3) is 0 Å². The lowest BCUT2D eigenvalue weighted by Crippen LogP contribution is -2.24. The summed E-state index contributed by atoms with van der Waals surface area (Å²) in [6, 6.07) is 0.775. The first-order valence-corrected chi connectivity index (χ1v) is 3.63. The van der Waals surface area contributed by atoms with Gasteiger partial charge < -0.3 is 5.32 Å². The van der Waals surface area contributed by atoms with Crippen molar-refractivity contribution in [2.75, 3.05) is 6.54 Å². The molecule has 0 saturated carbocycles. The second kappa shape index (κ2) is 5.07. The topological polar surface area (TPSA) is 12.0 Å². The average Bonchev–Trinajstić information content (AvgIpc) is 1.94. The molecular weight excluding hydrogens is 134 g/mol. The van der Waals surface area contributed by atoms with E-state index in [1.165, 1.54) is 32.2 Å². The molecule has 0 radical (unpaired) electrons. The maximum Gasteiger partial charge on any atom is 0.00387 e. The molecule has 1 heterocycles. The van der Waals surface area contributed by atoms with Crippen molar-refractivity contribution < 1.29 is 0 Å². The van der Waals surface area contributed by atoms with Crippen molar-refractivity contribution in [1.29, 1.82) is 0 Å². The highest BCUT2D eigenvalue weighted by Crippen LogP contribution is 2.06. The maximum atomic E-state index is 3.44. The fourth-order valence-corrected chi connectivity index (χ4v) is 1.20. The SMILES string of the molecule is C[C@@H]1CCCCCN1.Cl. The van der Waals surface area contributed by atoms with Gasteiger partial charge in [0.15, 0.2) is 0 Å². The molecule has 1 aliphatic rings. The van der Waals surface area contributed by atoms with Gasteiger partial charge in [0.2, 0.25) is 0 Å². The van der Waals surface area contributed by atoms with Crippen molar-refractivity contribution in [2.45, 2.75) is 38.6 Å². The fourth-order valence-electron chi connectivity index (χ4n) is 1.20. The largest absolute Gasteiger partial charge is 0.314 e. The molecule has 0 amide bonds. The van der Waals surface area contributed by atoms with E-state index in [0.29, 0.717) is 0 Å².